The van der Waals surface area contributed by atoms with E-state index in [1.54, 1.807) is 18.2 Å². The van der Waals surface area contributed by atoms with Gasteiger partial charge in [-0.05, 0) is 81.4 Å². The standard InChI is InChI=1S/C21H30N2O3S/c1-14-5-8-18(27(25,26)23-9-3-4-10-23)13-19(14)21(24)22-15(2)20-12-16-6-7-17(20)11-16/h5,8,13,15-17,20H,3-4,6-7,9-12H2,1-2H3,(H,22,24)/t15-,16+,17+,20-/m0/s1. The van der Waals surface area contributed by atoms with Crippen molar-refractivity contribution >= 4 is 15.9 Å². The van der Waals surface area contributed by atoms with E-state index in [1.807, 2.05) is 6.92 Å². The van der Waals surface area contributed by atoms with Crippen molar-refractivity contribution in [2.24, 2.45) is 17.8 Å². The van der Waals surface area contributed by atoms with E-state index in [4.69, 9.17) is 0 Å². The molecule has 0 radical (unpaired) electrons. The summed E-state index contributed by atoms with van der Waals surface area (Å²) >= 11 is 0. The Labute approximate surface area is 162 Å². The van der Waals surface area contributed by atoms with Gasteiger partial charge in [0.15, 0.2) is 0 Å². The van der Waals surface area contributed by atoms with Gasteiger partial charge in [-0.25, -0.2) is 8.42 Å². The van der Waals surface area contributed by atoms with Crippen molar-refractivity contribution in [3.63, 3.8) is 0 Å². The molecule has 6 heteroatoms. The van der Waals surface area contributed by atoms with Gasteiger partial charge in [0.2, 0.25) is 10.0 Å². The van der Waals surface area contributed by atoms with E-state index in [0.717, 1.165) is 30.2 Å². The van der Waals surface area contributed by atoms with Crippen LogP contribution in [0.15, 0.2) is 23.1 Å². The van der Waals surface area contributed by atoms with Crippen molar-refractivity contribution in [1.82, 2.24) is 9.62 Å². The number of fused-ring (bicyclic) bond motifs is 2. The van der Waals surface area contributed by atoms with Crippen LogP contribution < -0.4 is 5.32 Å². The SMILES string of the molecule is Cc1ccc(S(=O)(=O)N2CCCC2)cc1C(=O)N[C@@H](C)[C@@H]1C[C@@H]2CC[C@@H]1C2. The molecule has 148 valence electrons. The predicted octanol–water partition coefficient (Wildman–Crippen LogP) is 3.33. The van der Waals surface area contributed by atoms with Crippen molar-refractivity contribution in [3.8, 4) is 0 Å². The maximum Gasteiger partial charge on any atom is 0.251 e. The Bertz CT molecular complexity index is 830. The summed E-state index contributed by atoms with van der Waals surface area (Å²) in [6.45, 7) is 5.10. The predicted molar refractivity (Wildman–Crippen MR) is 105 cm³/mol. The van der Waals surface area contributed by atoms with Crippen LogP contribution in [0.4, 0.5) is 0 Å². The Morgan fingerprint density at radius 3 is 2.56 bits per heavy atom. The molecule has 2 bridgehead atoms. The molecule has 1 amide bonds. The summed E-state index contributed by atoms with van der Waals surface area (Å²) in [4.78, 5) is 13.1. The molecule has 1 N–H and O–H groups in total. The third kappa shape index (κ3) is 3.54. The first-order valence-electron chi connectivity index (χ1n) is 10.3. The molecule has 4 atom stereocenters. The van der Waals surface area contributed by atoms with Crippen molar-refractivity contribution in [1.29, 1.82) is 0 Å². The average Bonchev–Trinajstić information content (AvgIpc) is 3.39. The van der Waals surface area contributed by atoms with Crippen LogP contribution in [0.5, 0.6) is 0 Å². The first-order valence-corrected chi connectivity index (χ1v) is 11.7. The molecule has 0 spiro atoms. The van der Waals surface area contributed by atoms with Gasteiger partial charge >= 0.3 is 0 Å². The van der Waals surface area contributed by atoms with Crippen molar-refractivity contribution in [3.05, 3.63) is 29.3 Å². The van der Waals surface area contributed by atoms with Crippen LogP contribution in [-0.4, -0.2) is 37.8 Å². The molecule has 1 saturated heterocycles. The number of hydrogen-bond donors (Lipinski definition) is 1. The van der Waals surface area contributed by atoms with Crippen LogP contribution in [0.1, 0.15) is 61.4 Å². The lowest BCUT2D eigenvalue weighted by molar-refractivity contribution is 0.0914. The molecular weight excluding hydrogens is 360 g/mol. The van der Waals surface area contributed by atoms with Gasteiger partial charge in [-0.1, -0.05) is 12.5 Å². The Morgan fingerprint density at radius 2 is 1.93 bits per heavy atom. The molecule has 5 nitrogen and oxygen atoms in total. The summed E-state index contributed by atoms with van der Waals surface area (Å²) in [5, 5.41) is 3.16. The number of nitrogens with zero attached hydrogens (tertiary/aromatic N) is 1. The van der Waals surface area contributed by atoms with Crippen molar-refractivity contribution in [2.75, 3.05) is 13.1 Å². The summed E-state index contributed by atoms with van der Waals surface area (Å²) in [5.74, 6) is 1.99. The highest BCUT2D eigenvalue weighted by atomic mass is 32.2. The zero-order valence-electron chi connectivity index (χ0n) is 16.3. The van der Waals surface area contributed by atoms with Crippen molar-refractivity contribution in [2.45, 2.75) is 63.3 Å². The van der Waals surface area contributed by atoms with E-state index < -0.39 is 10.0 Å². The number of nitrogens with one attached hydrogen (secondary N) is 1. The Kier molecular flexibility index (Phi) is 5.06. The highest BCUT2D eigenvalue weighted by Crippen LogP contribution is 2.49. The smallest absolute Gasteiger partial charge is 0.251 e. The lowest BCUT2D eigenvalue weighted by Crippen LogP contribution is -2.40. The molecule has 2 aliphatic carbocycles. The minimum atomic E-state index is -3.51. The lowest BCUT2D eigenvalue weighted by Gasteiger charge is -2.28. The van der Waals surface area contributed by atoms with Crippen LogP contribution >= 0.6 is 0 Å². The van der Waals surface area contributed by atoms with Gasteiger partial charge < -0.3 is 5.32 Å². The average molecular weight is 391 g/mol. The molecule has 0 unspecified atom stereocenters. The fraction of sp³-hybridized carbons (Fsp3) is 0.667. The van der Waals surface area contributed by atoms with Crippen molar-refractivity contribution < 1.29 is 13.2 Å². The Balaban J connectivity index is 1.51. The quantitative estimate of drug-likeness (QED) is 0.839. The van der Waals surface area contributed by atoms with E-state index in [2.05, 4.69) is 12.2 Å². The molecular formula is C21H30N2O3S. The summed E-state index contributed by atoms with van der Waals surface area (Å²) in [7, 11) is -3.51. The number of hydrogen-bond acceptors (Lipinski definition) is 3. The monoisotopic (exact) mass is 390 g/mol. The van der Waals surface area contributed by atoms with E-state index >= 15 is 0 Å². The minimum Gasteiger partial charge on any atom is -0.349 e. The zero-order chi connectivity index (χ0) is 19.2. The third-order valence-corrected chi connectivity index (χ3v) is 8.84. The number of benzene rings is 1. The van der Waals surface area contributed by atoms with Gasteiger partial charge in [0.25, 0.3) is 5.91 Å². The number of sulfonamides is 1. The summed E-state index contributed by atoms with van der Waals surface area (Å²) in [5.41, 5.74) is 1.29. The minimum absolute atomic E-state index is 0.131. The van der Waals surface area contributed by atoms with Gasteiger partial charge in [-0.15, -0.1) is 0 Å². The first kappa shape index (κ1) is 18.9. The van der Waals surface area contributed by atoms with Gasteiger partial charge in [0.05, 0.1) is 4.90 Å². The van der Waals surface area contributed by atoms with E-state index in [9.17, 15) is 13.2 Å². The zero-order valence-corrected chi connectivity index (χ0v) is 17.1. The molecule has 27 heavy (non-hydrogen) atoms. The topological polar surface area (TPSA) is 66.5 Å². The highest BCUT2D eigenvalue weighted by Gasteiger charge is 2.42. The van der Waals surface area contributed by atoms with Crippen LogP contribution in [0.3, 0.4) is 0 Å². The molecule has 1 aliphatic heterocycles. The normalized spacial score (nSPS) is 29.2. The maximum absolute atomic E-state index is 12.9. The van der Waals surface area contributed by atoms with Gasteiger partial charge in [-0.3, -0.25) is 4.79 Å². The second-order valence-corrected chi connectivity index (χ2v) is 10.6. The Hall–Kier alpha value is -1.40. The van der Waals surface area contributed by atoms with Gasteiger partial charge in [0.1, 0.15) is 0 Å². The van der Waals surface area contributed by atoms with Crippen LogP contribution in [0, 0.1) is 24.7 Å². The molecule has 2 saturated carbocycles. The second-order valence-electron chi connectivity index (χ2n) is 8.69. The van der Waals surface area contributed by atoms with Crippen LogP contribution in [0.2, 0.25) is 0 Å². The molecule has 3 aliphatic rings. The molecule has 1 aromatic carbocycles. The van der Waals surface area contributed by atoms with E-state index in [0.29, 0.717) is 24.6 Å². The van der Waals surface area contributed by atoms with E-state index in [-0.39, 0.29) is 16.8 Å². The molecule has 0 aromatic heterocycles. The number of amides is 1. The molecule has 3 fully saturated rings. The molecule has 4 rings (SSSR count). The maximum atomic E-state index is 12.9. The van der Waals surface area contributed by atoms with Gasteiger partial charge in [-0.2, -0.15) is 4.31 Å². The van der Waals surface area contributed by atoms with Crippen LogP contribution in [-0.2, 0) is 10.0 Å². The van der Waals surface area contributed by atoms with E-state index in [1.165, 1.54) is 30.0 Å². The number of carbonyl (C=O) groups is 1. The Morgan fingerprint density at radius 1 is 1.19 bits per heavy atom. The first-order chi connectivity index (χ1) is 12.9. The summed E-state index contributed by atoms with van der Waals surface area (Å²) in [6.07, 6.45) is 6.97. The van der Waals surface area contributed by atoms with Crippen LogP contribution in [0.25, 0.3) is 0 Å². The lowest BCUT2D eigenvalue weighted by atomic mass is 9.84. The largest absolute Gasteiger partial charge is 0.349 e. The summed E-state index contributed by atoms with van der Waals surface area (Å²) < 4.78 is 27.2. The van der Waals surface area contributed by atoms with Gasteiger partial charge in [0, 0.05) is 24.7 Å². The summed E-state index contributed by atoms with van der Waals surface area (Å²) in [6, 6.07) is 5.07. The highest BCUT2D eigenvalue weighted by molar-refractivity contribution is 7.89. The molecule has 1 heterocycles. The number of rotatable bonds is 5. The third-order valence-electron chi connectivity index (χ3n) is 6.95. The second kappa shape index (κ2) is 7.21. The fourth-order valence-corrected chi connectivity index (χ4v) is 6.93. The number of aryl methyl sites for hydroxylation is 1. The fourth-order valence-electron chi connectivity index (χ4n) is 5.38. The number of carbonyl (C=O) groups excluding carboxylic acids is 1. The molecule has 1 aromatic rings.